The molecule has 0 bridgehead atoms. The van der Waals surface area contributed by atoms with E-state index in [0.717, 1.165) is 36.5 Å². The highest BCUT2D eigenvalue weighted by molar-refractivity contribution is 6.05. The minimum absolute atomic E-state index is 0.363. The first-order valence-electron chi connectivity index (χ1n) is 15.3. The normalized spacial score (nSPS) is 13.3. The van der Waals surface area contributed by atoms with Crippen molar-refractivity contribution in [3.05, 3.63) is 126 Å². The van der Waals surface area contributed by atoms with E-state index in [-0.39, 0.29) is 0 Å². The number of nitrogens with zero attached hydrogens (tertiary/aromatic N) is 5. The van der Waals surface area contributed by atoms with Gasteiger partial charge in [-0.05, 0) is 92.5 Å². The lowest BCUT2D eigenvalue weighted by atomic mass is 10.1. The van der Waals surface area contributed by atoms with Crippen LogP contribution in [0.2, 0.25) is 0 Å². The second-order valence-corrected chi connectivity index (χ2v) is 11.3. The van der Waals surface area contributed by atoms with Gasteiger partial charge in [0.05, 0.1) is 17.1 Å². The van der Waals surface area contributed by atoms with E-state index < -0.39 is 23.1 Å². The van der Waals surface area contributed by atoms with Crippen LogP contribution >= 0.6 is 0 Å². The van der Waals surface area contributed by atoms with Gasteiger partial charge in [-0.2, -0.15) is 0 Å². The van der Waals surface area contributed by atoms with Crippen molar-refractivity contribution in [2.24, 2.45) is 0 Å². The van der Waals surface area contributed by atoms with Gasteiger partial charge in [0.25, 0.3) is 5.91 Å². The summed E-state index contributed by atoms with van der Waals surface area (Å²) in [5, 5.41) is 5.94. The van der Waals surface area contributed by atoms with E-state index in [0.29, 0.717) is 34.2 Å². The molecule has 1 amide bonds. The minimum atomic E-state index is -0.932. The number of halogens is 2. The Morgan fingerprint density at radius 3 is 2.41 bits per heavy atom. The highest BCUT2D eigenvalue weighted by atomic mass is 19.1. The molecule has 1 fully saturated rings. The largest absolute Gasteiger partial charge is 0.324 e. The molecule has 0 saturated carbocycles. The Labute approximate surface area is 264 Å². The molecular formula is C36H31F2N7O. The quantitative estimate of drug-likeness (QED) is 0.177. The number of fused-ring (bicyclic) bond motifs is 1. The Bertz CT molecular complexity index is 2000. The van der Waals surface area contributed by atoms with E-state index in [2.05, 4.69) is 32.7 Å². The molecule has 3 aromatic heterocycles. The molecular weight excluding hydrogens is 584 g/mol. The predicted molar refractivity (Wildman–Crippen MR) is 175 cm³/mol. The highest BCUT2D eigenvalue weighted by Gasteiger charge is 2.20. The fourth-order valence-corrected chi connectivity index (χ4v) is 5.82. The number of pyridine rings is 1. The number of rotatable bonds is 9. The van der Waals surface area contributed by atoms with Gasteiger partial charge >= 0.3 is 0 Å². The molecule has 4 heterocycles. The number of hydrogen-bond donors (Lipinski definition) is 2. The van der Waals surface area contributed by atoms with Crippen molar-refractivity contribution in [1.29, 1.82) is 0 Å². The van der Waals surface area contributed by atoms with Gasteiger partial charge in [-0.15, -0.1) is 0 Å². The molecule has 1 aliphatic heterocycles. The summed E-state index contributed by atoms with van der Waals surface area (Å²) in [6, 6.07) is 26.2. The number of anilines is 3. The number of likely N-dealkylation sites (tertiary alicyclic amines) is 1. The van der Waals surface area contributed by atoms with E-state index in [1.54, 1.807) is 24.4 Å². The summed E-state index contributed by atoms with van der Waals surface area (Å²) in [6.45, 7) is 3.47. The predicted octanol–water partition coefficient (Wildman–Crippen LogP) is 7.37. The van der Waals surface area contributed by atoms with Gasteiger partial charge in [0.15, 0.2) is 0 Å². The monoisotopic (exact) mass is 615 g/mol. The second-order valence-electron chi connectivity index (χ2n) is 11.3. The van der Waals surface area contributed by atoms with Gasteiger partial charge in [-0.25, -0.2) is 23.7 Å². The molecule has 46 heavy (non-hydrogen) atoms. The average molecular weight is 616 g/mol. The first kappa shape index (κ1) is 29.2. The third kappa shape index (κ3) is 6.20. The van der Waals surface area contributed by atoms with Gasteiger partial charge in [-0.3, -0.25) is 9.20 Å². The van der Waals surface area contributed by atoms with Crippen LogP contribution in [0.15, 0.2) is 103 Å². The summed E-state index contributed by atoms with van der Waals surface area (Å²) in [5.74, 6) is -2.31. The highest BCUT2D eigenvalue weighted by Crippen LogP contribution is 2.33. The summed E-state index contributed by atoms with van der Waals surface area (Å²) in [5.41, 5.74) is 5.26. The number of carbonyl (C=O) groups is 1. The molecule has 3 aromatic carbocycles. The Morgan fingerprint density at radius 1 is 0.826 bits per heavy atom. The number of amides is 1. The lowest BCUT2D eigenvalue weighted by Crippen LogP contribution is -2.21. The van der Waals surface area contributed by atoms with Crippen LogP contribution in [0.5, 0.6) is 0 Å². The maximum Gasteiger partial charge on any atom is 0.261 e. The molecule has 0 unspecified atom stereocenters. The molecule has 1 saturated heterocycles. The average Bonchev–Trinajstić information content (AvgIpc) is 3.73. The maximum absolute atomic E-state index is 14.2. The molecule has 0 aliphatic carbocycles. The first-order valence-corrected chi connectivity index (χ1v) is 15.3. The molecule has 6 aromatic rings. The maximum atomic E-state index is 14.2. The molecule has 8 nitrogen and oxygen atoms in total. The number of carbonyl (C=O) groups excluding carboxylic acids is 1. The van der Waals surface area contributed by atoms with Gasteiger partial charge in [-0.1, -0.05) is 36.4 Å². The van der Waals surface area contributed by atoms with Crippen molar-refractivity contribution >= 4 is 28.9 Å². The van der Waals surface area contributed by atoms with E-state index in [9.17, 15) is 13.6 Å². The lowest BCUT2D eigenvalue weighted by molar-refractivity contribution is 0.101. The van der Waals surface area contributed by atoms with Crippen LogP contribution < -0.4 is 10.6 Å². The number of benzene rings is 3. The number of aromatic nitrogens is 4. The van der Waals surface area contributed by atoms with E-state index in [4.69, 9.17) is 9.97 Å². The summed E-state index contributed by atoms with van der Waals surface area (Å²) in [6.07, 6.45) is 7.21. The molecule has 0 spiro atoms. The Kier molecular flexibility index (Phi) is 8.18. The van der Waals surface area contributed by atoms with Crippen LogP contribution in [0.1, 0.15) is 28.8 Å². The number of nitrogens with one attached hydrogen (secondary N) is 2. The first-order chi connectivity index (χ1) is 22.5. The van der Waals surface area contributed by atoms with Crippen LogP contribution in [-0.2, 0) is 6.42 Å². The third-order valence-electron chi connectivity index (χ3n) is 8.14. The molecule has 1 aliphatic rings. The molecule has 7 rings (SSSR count). The zero-order valence-electron chi connectivity index (χ0n) is 25.0. The smallest absolute Gasteiger partial charge is 0.261 e. The Hall–Kier alpha value is -5.48. The lowest BCUT2D eigenvalue weighted by Gasteiger charge is -2.14. The van der Waals surface area contributed by atoms with E-state index in [1.807, 2.05) is 53.1 Å². The minimum Gasteiger partial charge on any atom is -0.324 e. The molecule has 2 N–H and O–H groups in total. The van der Waals surface area contributed by atoms with Crippen LogP contribution in [0.25, 0.3) is 28.3 Å². The molecule has 0 atom stereocenters. The zero-order valence-corrected chi connectivity index (χ0v) is 25.0. The summed E-state index contributed by atoms with van der Waals surface area (Å²) < 4.78 is 30.4. The van der Waals surface area contributed by atoms with Crippen molar-refractivity contribution < 1.29 is 13.6 Å². The Morgan fingerprint density at radius 2 is 1.61 bits per heavy atom. The van der Waals surface area contributed by atoms with Crippen LogP contribution in [0.3, 0.4) is 0 Å². The Balaban J connectivity index is 1.16. The van der Waals surface area contributed by atoms with Crippen LogP contribution in [0.4, 0.5) is 26.1 Å². The van der Waals surface area contributed by atoms with Crippen molar-refractivity contribution in [1.82, 2.24) is 24.3 Å². The molecule has 230 valence electrons. The summed E-state index contributed by atoms with van der Waals surface area (Å²) in [4.78, 5) is 29.5. The number of hydrogen-bond acceptors (Lipinski definition) is 6. The topological polar surface area (TPSA) is 87.5 Å². The van der Waals surface area contributed by atoms with Gasteiger partial charge in [0, 0.05) is 35.9 Å². The fourth-order valence-electron chi connectivity index (χ4n) is 5.82. The molecule has 0 radical (unpaired) electrons. The molecule has 10 heteroatoms. The van der Waals surface area contributed by atoms with E-state index >= 15 is 0 Å². The summed E-state index contributed by atoms with van der Waals surface area (Å²) >= 11 is 0. The van der Waals surface area contributed by atoms with Gasteiger partial charge in [0.2, 0.25) is 5.95 Å². The zero-order chi connectivity index (χ0) is 31.5. The van der Waals surface area contributed by atoms with E-state index in [1.165, 1.54) is 37.6 Å². The van der Waals surface area contributed by atoms with Crippen molar-refractivity contribution in [2.45, 2.75) is 19.3 Å². The van der Waals surface area contributed by atoms with Gasteiger partial charge < -0.3 is 15.5 Å². The SMILES string of the molecule is O=C(Nc1cccc(-c2nc3ccccn3c2-c2ccnc(Nc3ccc(CCN4CCCC4)cc3)n2)c1)c1c(F)cccc1F. The van der Waals surface area contributed by atoms with Crippen LogP contribution in [-0.4, -0.2) is 49.8 Å². The fraction of sp³-hybridized carbons (Fsp3) is 0.167. The van der Waals surface area contributed by atoms with Crippen LogP contribution in [0, 0.1) is 11.6 Å². The van der Waals surface area contributed by atoms with Crippen molar-refractivity contribution in [3.63, 3.8) is 0 Å². The van der Waals surface area contributed by atoms with Crippen molar-refractivity contribution in [2.75, 3.05) is 30.3 Å². The standard InChI is InChI=1S/C36H31F2N7O/c37-28-9-6-10-29(38)32(28)35(46)40-27-8-5-7-25(23-27)33-34(45-21-2-1-11-31(45)43-33)30-16-18-39-36(42-30)41-26-14-12-24(13-15-26)17-22-44-19-3-4-20-44/h1-2,5-16,18,21,23H,3-4,17,19-20,22H2,(H,40,46)(H,39,41,42). The van der Waals surface area contributed by atoms with Crippen molar-refractivity contribution in [3.8, 4) is 22.6 Å². The number of imidazole rings is 1. The second kappa shape index (κ2) is 12.9. The summed E-state index contributed by atoms with van der Waals surface area (Å²) in [7, 11) is 0. The third-order valence-corrected chi connectivity index (χ3v) is 8.14. The van der Waals surface area contributed by atoms with Gasteiger partial charge in [0.1, 0.15) is 22.8 Å².